The summed E-state index contributed by atoms with van der Waals surface area (Å²) < 4.78 is 29.4. The molecule has 0 unspecified atom stereocenters. The summed E-state index contributed by atoms with van der Waals surface area (Å²) in [4.78, 5) is 0. The van der Waals surface area contributed by atoms with Crippen LogP contribution >= 0.6 is 12.2 Å². The van der Waals surface area contributed by atoms with Gasteiger partial charge in [-0.2, -0.15) is 8.42 Å². The molecule has 1 aromatic rings. The van der Waals surface area contributed by atoms with Crippen molar-refractivity contribution in [2.75, 3.05) is 11.2 Å². The fraction of sp³-hybridized carbons (Fsp3) is 0.300. The third-order valence-corrected chi connectivity index (χ3v) is 2.48. The van der Waals surface area contributed by atoms with Gasteiger partial charge >= 0.3 is 0 Å². The molecule has 0 atom stereocenters. The van der Waals surface area contributed by atoms with E-state index in [0.717, 1.165) is 11.3 Å². The Morgan fingerprint density at radius 2 is 1.88 bits per heavy atom. The summed E-state index contributed by atoms with van der Waals surface area (Å²) in [7, 11) is -4.06. The van der Waals surface area contributed by atoms with Crippen LogP contribution in [0, 0.1) is 6.92 Å². The summed E-state index contributed by atoms with van der Waals surface area (Å²) in [5, 5.41) is 5.29. The van der Waals surface area contributed by atoms with Crippen LogP contribution in [0.25, 0.3) is 0 Å². The zero-order chi connectivity index (χ0) is 12.2. The molecular formula is C10H16N2O3S2. The number of nitrogens with one attached hydrogen (secondary N) is 2. The molecular weight excluding hydrogens is 260 g/mol. The first-order valence-electron chi connectivity index (χ1n) is 4.43. The van der Waals surface area contributed by atoms with Gasteiger partial charge in [0.1, 0.15) is 5.88 Å². The summed E-state index contributed by atoms with van der Waals surface area (Å²) in [5.74, 6) is -0.606. The van der Waals surface area contributed by atoms with Crippen LogP contribution in [0.1, 0.15) is 13.0 Å². The van der Waals surface area contributed by atoms with E-state index in [4.69, 9.17) is 16.8 Å². The van der Waals surface area contributed by atoms with Gasteiger partial charge in [-0.05, 0) is 31.3 Å². The summed E-state index contributed by atoms with van der Waals surface area (Å²) in [6.07, 6.45) is 0. The van der Waals surface area contributed by atoms with Gasteiger partial charge in [0.2, 0.25) is 0 Å². The number of thiocarbonyl (C=S) groups is 1. The molecule has 0 radical (unpaired) electrons. The quantitative estimate of drug-likeness (QED) is 0.577. The smallest absolute Gasteiger partial charge is 0.283 e. The molecule has 0 spiro atoms. The monoisotopic (exact) mass is 276 g/mol. The maximum Gasteiger partial charge on any atom is 0.283 e. The van der Waals surface area contributed by atoms with Gasteiger partial charge in [0.15, 0.2) is 5.11 Å². The van der Waals surface area contributed by atoms with Crippen molar-refractivity contribution in [2.45, 2.75) is 14.4 Å². The predicted molar refractivity (Wildman–Crippen MR) is 73.7 cm³/mol. The largest absolute Gasteiger partial charge is 0.347 e. The summed E-state index contributed by atoms with van der Waals surface area (Å²) in [6, 6.07) is 7.43. The van der Waals surface area contributed by atoms with Gasteiger partial charge in [-0.25, -0.2) is 0 Å². The second kappa shape index (κ2) is 6.53. The van der Waals surface area contributed by atoms with E-state index in [1.807, 2.05) is 31.2 Å². The van der Waals surface area contributed by atoms with Crippen molar-refractivity contribution in [3.63, 3.8) is 0 Å². The predicted octanol–water partition coefficient (Wildman–Crippen LogP) is 1.76. The highest BCUT2D eigenvalue weighted by Gasteiger charge is 2.04. The Kier molecular flexibility index (Phi) is 6.08. The first-order chi connectivity index (χ1) is 7.37. The molecule has 0 amide bonds. The molecule has 0 fully saturated rings. The van der Waals surface area contributed by atoms with E-state index in [1.165, 1.54) is 0 Å². The van der Waals surface area contributed by atoms with Crippen molar-refractivity contribution in [1.82, 2.24) is 5.32 Å². The van der Waals surface area contributed by atoms with Crippen LogP contribution in [0.5, 0.6) is 0 Å². The number of hydrogen-bond acceptors (Lipinski definition) is 3. The first kappa shape index (κ1) is 15.8. The van der Waals surface area contributed by atoms with Crippen molar-refractivity contribution >= 4 is 33.1 Å². The Labute approximate surface area is 107 Å². The van der Waals surface area contributed by atoms with E-state index in [-0.39, 0.29) is 12.5 Å². The number of benzene rings is 1. The molecule has 0 bridgehead atoms. The highest BCUT2D eigenvalue weighted by atomic mass is 32.2. The lowest BCUT2D eigenvalue weighted by atomic mass is 10.2. The van der Waals surface area contributed by atoms with Gasteiger partial charge in [-0.15, -0.1) is 0 Å². The minimum Gasteiger partial charge on any atom is -0.347 e. The Morgan fingerprint density at radius 3 is 2.35 bits per heavy atom. The molecule has 7 heteroatoms. The number of anilines is 1. The van der Waals surface area contributed by atoms with Gasteiger partial charge in [-0.3, -0.25) is 4.55 Å². The molecule has 17 heavy (non-hydrogen) atoms. The number of rotatable bonds is 3. The Balaban J connectivity index is 0.00000256. The molecule has 3 N–H and O–H groups in total. The van der Waals surface area contributed by atoms with E-state index in [0.29, 0.717) is 0 Å². The van der Waals surface area contributed by atoms with Crippen LogP contribution in [0.4, 0.5) is 5.69 Å². The molecule has 96 valence electrons. The van der Waals surface area contributed by atoms with Gasteiger partial charge in [-0.1, -0.05) is 25.1 Å². The maximum absolute atomic E-state index is 10.4. The van der Waals surface area contributed by atoms with Crippen LogP contribution in [0.15, 0.2) is 24.3 Å². The normalized spacial score (nSPS) is 10.2. The number of hydrogen-bond donors (Lipinski definition) is 3. The third-order valence-electron chi connectivity index (χ3n) is 1.72. The zero-order valence-corrected chi connectivity index (χ0v) is 10.2. The molecule has 0 saturated heterocycles. The van der Waals surface area contributed by atoms with E-state index in [9.17, 15) is 8.42 Å². The fourth-order valence-electron chi connectivity index (χ4n) is 0.969. The average molecular weight is 276 g/mol. The van der Waals surface area contributed by atoms with Crippen molar-refractivity contribution in [3.8, 4) is 0 Å². The topological polar surface area (TPSA) is 78.4 Å². The molecule has 0 saturated carbocycles. The first-order valence-corrected chi connectivity index (χ1v) is 6.45. The van der Waals surface area contributed by atoms with Crippen LogP contribution in [-0.4, -0.2) is 24.0 Å². The van der Waals surface area contributed by atoms with Crippen LogP contribution in [0.3, 0.4) is 0 Å². The Hall–Kier alpha value is -1.18. The number of aryl methyl sites for hydroxylation is 1. The van der Waals surface area contributed by atoms with Crippen molar-refractivity contribution in [3.05, 3.63) is 29.8 Å². The van der Waals surface area contributed by atoms with Crippen LogP contribution < -0.4 is 10.6 Å². The molecule has 5 nitrogen and oxygen atoms in total. The van der Waals surface area contributed by atoms with Crippen molar-refractivity contribution in [2.24, 2.45) is 0 Å². The van der Waals surface area contributed by atoms with E-state index < -0.39 is 16.0 Å². The molecule has 0 aliphatic carbocycles. The van der Waals surface area contributed by atoms with Crippen LogP contribution in [0.2, 0.25) is 0 Å². The molecule has 0 aliphatic heterocycles. The lowest BCUT2D eigenvalue weighted by molar-refractivity contribution is 0.481. The zero-order valence-electron chi connectivity index (χ0n) is 8.60. The minimum atomic E-state index is -4.06. The highest BCUT2D eigenvalue weighted by molar-refractivity contribution is 7.86. The summed E-state index contributed by atoms with van der Waals surface area (Å²) in [5.41, 5.74) is 1.86. The molecule has 1 rings (SSSR count). The molecule has 0 heterocycles. The second-order valence-corrected chi connectivity index (χ2v) is 5.08. The van der Waals surface area contributed by atoms with Gasteiger partial charge in [0.05, 0.1) is 0 Å². The highest BCUT2D eigenvalue weighted by Crippen LogP contribution is 2.07. The molecule has 0 aromatic heterocycles. The third kappa shape index (κ3) is 6.88. The summed E-state index contributed by atoms with van der Waals surface area (Å²) >= 11 is 4.84. The van der Waals surface area contributed by atoms with Gasteiger partial charge < -0.3 is 10.6 Å². The standard InChI is InChI=1S/C9H12N2O3S2.CH4/c1-7-2-4-8(5-3-7)11-9(15)10-6-16(12,13)14;/h2-5H,6H2,1H3,(H2,10,11,15)(H,12,13,14);1H4. The SMILES string of the molecule is C.Cc1ccc(NC(=S)NCS(=O)(=O)O)cc1. The van der Waals surface area contributed by atoms with Gasteiger partial charge in [0, 0.05) is 5.69 Å². The maximum atomic E-state index is 10.4. The second-order valence-electron chi connectivity index (χ2n) is 3.22. The summed E-state index contributed by atoms with van der Waals surface area (Å²) in [6.45, 7) is 1.96. The van der Waals surface area contributed by atoms with E-state index in [2.05, 4.69) is 10.6 Å². The van der Waals surface area contributed by atoms with Gasteiger partial charge in [0.25, 0.3) is 10.1 Å². The fourth-order valence-corrected chi connectivity index (χ4v) is 1.58. The van der Waals surface area contributed by atoms with E-state index in [1.54, 1.807) is 0 Å². The van der Waals surface area contributed by atoms with Crippen molar-refractivity contribution in [1.29, 1.82) is 0 Å². The molecule has 0 aliphatic rings. The lowest BCUT2D eigenvalue weighted by Crippen LogP contribution is -2.32. The Morgan fingerprint density at radius 1 is 1.35 bits per heavy atom. The van der Waals surface area contributed by atoms with E-state index >= 15 is 0 Å². The molecule has 1 aromatic carbocycles. The minimum absolute atomic E-state index is 0. The average Bonchev–Trinajstić information content (AvgIpc) is 2.18. The van der Waals surface area contributed by atoms with Crippen molar-refractivity contribution < 1.29 is 13.0 Å². The lowest BCUT2D eigenvalue weighted by Gasteiger charge is -2.09. The van der Waals surface area contributed by atoms with Crippen LogP contribution in [-0.2, 0) is 10.1 Å². The Bertz CT molecular complexity index is 469.